The van der Waals surface area contributed by atoms with Gasteiger partial charge in [0.15, 0.2) is 0 Å². The summed E-state index contributed by atoms with van der Waals surface area (Å²) in [6.45, 7) is 3.94. The van der Waals surface area contributed by atoms with Crippen molar-refractivity contribution in [3.8, 4) is 11.3 Å². The van der Waals surface area contributed by atoms with Gasteiger partial charge in [-0.15, -0.1) is 0 Å². The standard InChI is InChI=1S/C11H10BrNO/c1-7-8(2)14-13-11(7)9-3-5-10(12)6-4-9/h3-6H,1-2H3. The molecule has 14 heavy (non-hydrogen) atoms. The van der Waals surface area contributed by atoms with Crippen LogP contribution in [-0.2, 0) is 0 Å². The fourth-order valence-electron chi connectivity index (χ4n) is 1.29. The van der Waals surface area contributed by atoms with Crippen LogP contribution in [0.1, 0.15) is 11.3 Å². The molecule has 2 rings (SSSR count). The second-order valence-corrected chi connectivity index (χ2v) is 4.13. The van der Waals surface area contributed by atoms with Crippen LogP contribution in [0.25, 0.3) is 11.3 Å². The topological polar surface area (TPSA) is 26.0 Å². The lowest BCUT2D eigenvalue weighted by molar-refractivity contribution is 0.398. The number of rotatable bonds is 1. The minimum Gasteiger partial charge on any atom is -0.361 e. The second-order valence-electron chi connectivity index (χ2n) is 3.22. The van der Waals surface area contributed by atoms with Crippen LogP contribution in [0.2, 0.25) is 0 Å². The van der Waals surface area contributed by atoms with Gasteiger partial charge in [-0.2, -0.15) is 0 Å². The molecule has 0 fully saturated rings. The first-order chi connectivity index (χ1) is 6.68. The van der Waals surface area contributed by atoms with E-state index in [4.69, 9.17) is 4.52 Å². The number of halogens is 1. The molecule has 0 amide bonds. The lowest BCUT2D eigenvalue weighted by atomic mass is 10.1. The smallest absolute Gasteiger partial charge is 0.137 e. The van der Waals surface area contributed by atoms with E-state index in [0.717, 1.165) is 27.1 Å². The van der Waals surface area contributed by atoms with E-state index >= 15 is 0 Å². The van der Waals surface area contributed by atoms with Crippen molar-refractivity contribution in [3.63, 3.8) is 0 Å². The van der Waals surface area contributed by atoms with Gasteiger partial charge in [0.25, 0.3) is 0 Å². The quantitative estimate of drug-likeness (QED) is 0.773. The van der Waals surface area contributed by atoms with E-state index in [9.17, 15) is 0 Å². The summed E-state index contributed by atoms with van der Waals surface area (Å²) in [4.78, 5) is 0. The third kappa shape index (κ3) is 1.60. The minimum absolute atomic E-state index is 0.878. The Hall–Kier alpha value is -1.09. The predicted octanol–water partition coefficient (Wildman–Crippen LogP) is 3.72. The zero-order chi connectivity index (χ0) is 10.1. The van der Waals surface area contributed by atoms with Gasteiger partial charge in [-0.3, -0.25) is 0 Å². The van der Waals surface area contributed by atoms with Crippen LogP contribution in [0.3, 0.4) is 0 Å². The summed E-state index contributed by atoms with van der Waals surface area (Å²) < 4.78 is 6.19. The molecule has 0 saturated carbocycles. The molecule has 2 nitrogen and oxygen atoms in total. The number of hydrogen-bond acceptors (Lipinski definition) is 2. The first kappa shape index (κ1) is 9.46. The van der Waals surface area contributed by atoms with Gasteiger partial charge in [-0.05, 0) is 26.0 Å². The van der Waals surface area contributed by atoms with Crippen molar-refractivity contribution in [2.24, 2.45) is 0 Å². The largest absolute Gasteiger partial charge is 0.361 e. The molecule has 1 heterocycles. The fraction of sp³-hybridized carbons (Fsp3) is 0.182. The summed E-state index contributed by atoms with van der Waals surface area (Å²) >= 11 is 3.40. The van der Waals surface area contributed by atoms with Gasteiger partial charge in [-0.1, -0.05) is 33.2 Å². The monoisotopic (exact) mass is 251 g/mol. The summed E-state index contributed by atoms with van der Waals surface area (Å²) in [7, 11) is 0. The van der Waals surface area contributed by atoms with E-state index in [-0.39, 0.29) is 0 Å². The lowest BCUT2D eigenvalue weighted by Gasteiger charge is -1.97. The number of nitrogens with zero attached hydrogens (tertiary/aromatic N) is 1. The maximum absolute atomic E-state index is 5.12. The average Bonchev–Trinajstić information content (AvgIpc) is 2.50. The number of aromatic nitrogens is 1. The molecule has 0 atom stereocenters. The van der Waals surface area contributed by atoms with Gasteiger partial charge in [0.05, 0.1) is 0 Å². The van der Waals surface area contributed by atoms with Gasteiger partial charge in [0.1, 0.15) is 11.5 Å². The highest BCUT2D eigenvalue weighted by molar-refractivity contribution is 9.10. The summed E-state index contributed by atoms with van der Waals surface area (Å²) in [5.74, 6) is 0.878. The highest BCUT2D eigenvalue weighted by Gasteiger charge is 2.09. The third-order valence-electron chi connectivity index (χ3n) is 2.27. The van der Waals surface area contributed by atoms with Crippen LogP contribution < -0.4 is 0 Å². The minimum atomic E-state index is 0.878. The van der Waals surface area contributed by atoms with E-state index < -0.39 is 0 Å². The summed E-state index contributed by atoms with van der Waals surface area (Å²) in [6, 6.07) is 8.04. The lowest BCUT2D eigenvalue weighted by Crippen LogP contribution is -1.80. The third-order valence-corrected chi connectivity index (χ3v) is 2.80. The van der Waals surface area contributed by atoms with Gasteiger partial charge >= 0.3 is 0 Å². The molecule has 72 valence electrons. The van der Waals surface area contributed by atoms with Crippen molar-refractivity contribution in [2.45, 2.75) is 13.8 Å². The molecule has 0 spiro atoms. The Balaban J connectivity index is 2.49. The van der Waals surface area contributed by atoms with Gasteiger partial charge in [0, 0.05) is 15.6 Å². The van der Waals surface area contributed by atoms with Crippen molar-refractivity contribution in [2.75, 3.05) is 0 Å². The van der Waals surface area contributed by atoms with E-state index in [1.54, 1.807) is 0 Å². The predicted molar refractivity (Wildman–Crippen MR) is 59.1 cm³/mol. The molecule has 3 heteroatoms. The maximum atomic E-state index is 5.12. The number of hydrogen-bond donors (Lipinski definition) is 0. The fourth-order valence-corrected chi connectivity index (χ4v) is 1.56. The Morgan fingerprint density at radius 1 is 1.14 bits per heavy atom. The first-order valence-corrected chi connectivity index (χ1v) is 5.16. The SMILES string of the molecule is Cc1onc(-c2ccc(Br)cc2)c1C. The average molecular weight is 252 g/mol. The van der Waals surface area contributed by atoms with E-state index in [1.807, 2.05) is 38.1 Å². The van der Waals surface area contributed by atoms with Crippen LogP contribution in [0, 0.1) is 13.8 Å². The zero-order valence-electron chi connectivity index (χ0n) is 8.04. The van der Waals surface area contributed by atoms with Gasteiger partial charge in [-0.25, -0.2) is 0 Å². The molecule has 0 unspecified atom stereocenters. The first-order valence-electron chi connectivity index (χ1n) is 4.37. The molecule has 0 N–H and O–H groups in total. The van der Waals surface area contributed by atoms with Crippen molar-refractivity contribution in [1.29, 1.82) is 0 Å². The summed E-state index contributed by atoms with van der Waals surface area (Å²) in [5.41, 5.74) is 3.12. The normalized spacial score (nSPS) is 10.5. The maximum Gasteiger partial charge on any atom is 0.137 e. The Morgan fingerprint density at radius 2 is 1.79 bits per heavy atom. The van der Waals surface area contributed by atoms with Gasteiger partial charge in [0.2, 0.25) is 0 Å². The molecule has 0 saturated heterocycles. The highest BCUT2D eigenvalue weighted by Crippen LogP contribution is 2.25. The zero-order valence-corrected chi connectivity index (χ0v) is 9.63. The van der Waals surface area contributed by atoms with Crippen LogP contribution in [0.5, 0.6) is 0 Å². The number of benzene rings is 1. The van der Waals surface area contributed by atoms with Crippen LogP contribution >= 0.6 is 15.9 Å². The van der Waals surface area contributed by atoms with E-state index in [0.29, 0.717) is 0 Å². The Labute approximate surface area is 91.1 Å². The van der Waals surface area contributed by atoms with Gasteiger partial charge < -0.3 is 4.52 Å². The molecule has 2 aromatic rings. The van der Waals surface area contributed by atoms with E-state index in [2.05, 4.69) is 21.1 Å². The molecular formula is C11H10BrNO. The molecule has 0 aliphatic carbocycles. The van der Waals surface area contributed by atoms with Crippen LogP contribution in [0.15, 0.2) is 33.3 Å². The molecule has 1 aromatic carbocycles. The van der Waals surface area contributed by atoms with Crippen LogP contribution in [-0.4, -0.2) is 5.16 Å². The number of aryl methyl sites for hydroxylation is 1. The van der Waals surface area contributed by atoms with Crippen LogP contribution in [0.4, 0.5) is 0 Å². The Kier molecular flexibility index (Phi) is 2.42. The summed E-state index contributed by atoms with van der Waals surface area (Å²) in [6.07, 6.45) is 0. The molecule has 0 aliphatic heterocycles. The van der Waals surface area contributed by atoms with E-state index in [1.165, 1.54) is 0 Å². The van der Waals surface area contributed by atoms with Crippen molar-refractivity contribution >= 4 is 15.9 Å². The molecule has 1 aromatic heterocycles. The molecule has 0 aliphatic rings. The van der Waals surface area contributed by atoms with Crippen molar-refractivity contribution < 1.29 is 4.52 Å². The molecule has 0 bridgehead atoms. The van der Waals surface area contributed by atoms with Crippen molar-refractivity contribution in [1.82, 2.24) is 5.16 Å². The van der Waals surface area contributed by atoms with Crippen molar-refractivity contribution in [3.05, 3.63) is 40.1 Å². The molecular weight excluding hydrogens is 242 g/mol. The highest BCUT2D eigenvalue weighted by atomic mass is 79.9. The Morgan fingerprint density at radius 3 is 2.29 bits per heavy atom. The Bertz CT molecular complexity index is 445. The second kappa shape index (κ2) is 3.58. The molecule has 0 radical (unpaired) electrons. The summed E-state index contributed by atoms with van der Waals surface area (Å²) in [5, 5.41) is 4.02.